The Labute approximate surface area is 219 Å². The molecule has 3 rings (SSSR count). The van der Waals surface area contributed by atoms with E-state index in [2.05, 4.69) is 0 Å². The predicted molar refractivity (Wildman–Crippen MR) is 133 cm³/mol. The third-order valence-corrected chi connectivity index (χ3v) is 6.26. The minimum absolute atomic E-state index is 0.0804. The molecule has 0 spiro atoms. The van der Waals surface area contributed by atoms with Crippen LogP contribution in [0.25, 0.3) is 6.08 Å². The van der Waals surface area contributed by atoms with Gasteiger partial charge in [0.25, 0.3) is 0 Å². The molecule has 38 heavy (non-hydrogen) atoms. The SMILES string of the molecule is COc1cc(C(O)CC(O)c2cc(C=CCOC3OC(CO)C(O)C(O)C3O)cc(OC)c2O)ccc1O. The van der Waals surface area contributed by atoms with Gasteiger partial charge in [0.05, 0.1) is 39.6 Å². The molecule has 1 saturated heterocycles. The first-order valence-electron chi connectivity index (χ1n) is 11.8. The quantitative estimate of drug-likeness (QED) is 0.192. The van der Waals surface area contributed by atoms with Crippen molar-refractivity contribution in [3.05, 3.63) is 53.1 Å². The van der Waals surface area contributed by atoms with Crippen molar-refractivity contribution in [2.24, 2.45) is 0 Å². The van der Waals surface area contributed by atoms with Crippen LogP contribution in [0, 0.1) is 0 Å². The highest BCUT2D eigenvalue weighted by Crippen LogP contribution is 2.39. The number of phenols is 2. The second kappa shape index (κ2) is 13.2. The van der Waals surface area contributed by atoms with E-state index < -0.39 is 49.5 Å². The summed E-state index contributed by atoms with van der Waals surface area (Å²) in [5.41, 5.74) is 1.00. The van der Waals surface area contributed by atoms with Gasteiger partial charge in [0, 0.05) is 12.0 Å². The molecule has 8 N–H and O–H groups in total. The van der Waals surface area contributed by atoms with Gasteiger partial charge in [0.2, 0.25) is 0 Å². The largest absolute Gasteiger partial charge is 0.504 e. The van der Waals surface area contributed by atoms with Gasteiger partial charge in [0.1, 0.15) is 24.4 Å². The summed E-state index contributed by atoms with van der Waals surface area (Å²) in [6, 6.07) is 7.31. The Bertz CT molecular complexity index is 1090. The van der Waals surface area contributed by atoms with Gasteiger partial charge < -0.3 is 59.8 Å². The van der Waals surface area contributed by atoms with Crippen LogP contribution < -0.4 is 9.47 Å². The lowest BCUT2D eigenvalue weighted by Gasteiger charge is -2.39. The first kappa shape index (κ1) is 29.6. The number of rotatable bonds is 11. The molecule has 1 heterocycles. The summed E-state index contributed by atoms with van der Waals surface area (Å²) in [5.74, 6) is -0.151. The van der Waals surface area contributed by atoms with Crippen LogP contribution in [0.5, 0.6) is 23.0 Å². The van der Waals surface area contributed by atoms with E-state index in [1.807, 2.05) is 0 Å². The van der Waals surface area contributed by atoms with Crippen molar-refractivity contribution in [1.29, 1.82) is 0 Å². The summed E-state index contributed by atoms with van der Waals surface area (Å²) in [7, 11) is 2.72. The zero-order valence-electron chi connectivity index (χ0n) is 20.9. The predicted octanol–water partition coefficient (Wildman–Crippen LogP) is 0.102. The molecule has 0 radical (unpaired) electrons. The Balaban J connectivity index is 1.70. The van der Waals surface area contributed by atoms with E-state index in [4.69, 9.17) is 18.9 Å². The molecule has 7 atom stereocenters. The van der Waals surface area contributed by atoms with Crippen LogP contribution >= 0.6 is 0 Å². The summed E-state index contributed by atoms with van der Waals surface area (Å²) >= 11 is 0. The lowest BCUT2D eigenvalue weighted by Crippen LogP contribution is -2.59. The zero-order valence-corrected chi connectivity index (χ0v) is 20.9. The molecular weight excluding hydrogens is 504 g/mol. The molecule has 1 aliphatic rings. The zero-order chi connectivity index (χ0) is 28.0. The van der Waals surface area contributed by atoms with E-state index in [9.17, 15) is 40.9 Å². The van der Waals surface area contributed by atoms with Crippen LogP contribution in [0.1, 0.15) is 35.3 Å². The maximum atomic E-state index is 10.8. The molecule has 12 nitrogen and oxygen atoms in total. The highest BCUT2D eigenvalue weighted by Gasteiger charge is 2.43. The third-order valence-electron chi connectivity index (χ3n) is 6.26. The van der Waals surface area contributed by atoms with E-state index in [1.54, 1.807) is 12.2 Å². The van der Waals surface area contributed by atoms with Crippen LogP contribution in [0.15, 0.2) is 36.4 Å². The Hall–Kier alpha value is -2.94. The number of hydrogen-bond donors (Lipinski definition) is 8. The third kappa shape index (κ3) is 6.73. The second-order valence-electron chi connectivity index (χ2n) is 8.79. The van der Waals surface area contributed by atoms with E-state index in [-0.39, 0.29) is 41.6 Å². The maximum absolute atomic E-state index is 10.8. The summed E-state index contributed by atoms with van der Waals surface area (Å²) in [6.07, 6.45) is -6.45. The Morgan fingerprint density at radius 1 is 0.921 bits per heavy atom. The van der Waals surface area contributed by atoms with Crippen LogP contribution in [0.2, 0.25) is 0 Å². The van der Waals surface area contributed by atoms with Crippen molar-refractivity contribution >= 4 is 6.08 Å². The van der Waals surface area contributed by atoms with Crippen molar-refractivity contribution in [3.8, 4) is 23.0 Å². The fourth-order valence-corrected chi connectivity index (χ4v) is 4.07. The van der Waals surface area contributed by atoms with Gasteiger partial charge in [-0.25, -0.2) is 0 Å². The van der Waals surface area contributed by atoms with Gasteiger partial charge in [-0.15, -0.1) is 0 Å². The molecule has 0 aromatic heterocycles. The number of aliphatic hydroxyl groups is 6. The minimum atomic E-state index is -1.56. The van der Waals surface area contributed by atoms with Gasteiger partial charge in [0.15, 0.2) is 29.3 Å². The summed E-state index contributed by atoms with van der Waals surface area (Å²) in [4.78, 5) is 0. The van der Waals surface area contributed by atoms with Gasteiger partial charge in [-0.3, -0.25) is 0 Å². The van der Waals surface area contributed by atoms with E-state index in [0.29, 0.717) is 11.1 Å². The maximum Gasteiger partial charge on any atom is 0.187 e. The topological polar surface area (TPSA) is 199 Å². The molecule has 2 aromatic carbocycles. The number of aliphatic hydroxyl groups excluding tert-OH is 6. The number of hydrogen-bond acceptors (Lipinski definition) is 12. The van der Waals surface area contributed by atoms with Crippen molar-refractivity contribution in [1.82, 2.24) is 0 Å². The van der Waals surface area contributed by atoms with E-state index >= 15 is 0 Å². The molecule has 0 aliphatic carbocycles. The first-order valence-corrected chi connectivity index (χ1v) is 11.8. The number of ether oxygens (including phenoxy) is 4. The fourth-order valence-electron chi connectivity index (χ4n) is 4.07. The van der Waals surface area contributed by atoms with Crippen LogP contribution in [0.4, 0.5) is 0 Å². The van der Waals surface area contributed by atoms with Gasteiger partial charge >= 0.3 is 0 Å². The van der Waals surface area contributed by atoms with Gasteiger partial charge in [-0.1, -0.05) is 18.2 Å². The molecule has 7 unspecified atom stereocenters. The minimum Gasteiger partial charge on any atom is -0.504 e. The lowest BCUT2D eigenvalue weighted by atomic mass is 9.96. The van der Waals surface area contributed by atoms with E-state index in [0.717, 1.165) is 0 Å². The summed E-state index contributed by atoms with van der Waals surface area (Å²) in [5, 5.41) is 80.8. The molecule has 210 valence electrons. The number of benzene rings is 2. The lowest BCUT2D eigenvalue weighted by molar-refractivity contribution is -0.298. The molecule has 0 bridgehead atoms. The van der Waals surface area contributed by atoms with Crippen LogP contribution in [-0.4, -0.2) is 99.0 Å². The molecular formula is C26H34O12. The standard InChI is InChI=1S/C26H34O12/c1-35-19-10-14(5-6-16(19)28)17(29)11-18(30)15-8-13(9-20(36-2)22(15)31)4-3-7-37-26-25(34)24(33)23(32)21(12-27)38-26/h3-6,8-10,17-18,21,23-34H,7,11-12H2,1-2H3. The van der Waals surface area contributed by atoms with E-state index in [1.165, 1.54) is 44.6 Å². The van der Waals surface area contributed by atoms with Gasteiger partial charge in [-0.05, 0) is 35.4 Å². The van der Waals surface area contributed by atoms with Crippen molar-refractivity contribution in [3.63, 3.8) is 0 Å². The van der Waals surface area contributed by atoms with Gasteiger partial charge in [-0.2, -0.15) is 0 Å². The van der Waals surface area contributed by atoms with Crippen LogP contribution in [0.3, 0.4) is 0 Å². The average Bonchev–Trinajstić information content (AvgIpc) is 2.91. The molecule has 2 aromatic rings. The Morgan fingerprint density at radius 3 is 2.29 bits per heavy atom. The first-order chi connectivity index (χ1) is 18.1. The van der Waals surface area contributed by atoms with Crippen molar-refractivity contribution in [2.45, 2.75) is 49.3 Å². The molecule has 1 aliphatic heterocycles. The molecule has 1 fully saturated rings. The highest BCUT2D eigenvalue weighted by molar-refractivity contribution is 5.59. The summed E-state index contributed by atoms with van der Waals surface area (Å²) in [6.45, 7) is -0.667. The second-order valence-corrected chi connectivity index (χ2v) is 8.79. The van der Waals surface area contributed by atoms with Crippen molar-refractivity contribution < 1.29 is 59.8 Å². The van der Waals surface area contributed by atoms with Crippen LogP contribution in [-0.2, 0) is 9.47 Å². The molecule has 0 amide bonds. The Morgan fingerprint density at radius 2 is 1.63 bits per heavy atom. The number of methoxy groups -OCH3 is 2. The number of phenolic OH excluding ortho intramolecular Hbond substituents is 2. The van der Waals surface area contributed by atoms with Crippen molar-refractivity contribution in [2.75, 3.05) is 27.4 Å². The highest BCUT2D eigenvalue weighted by atomic mass is 16.7. The summed E-state index contributed by atoms with van der Waals surface area (Å²) < 4.78 is 21.0. The fraction of sp³-hybridized carbons (Fsp3) is 0.462. The molecule has 12 heteroatoms. The smallest absolute Gasteiger partial charge is 0.187 e. The molecule has 0 saturated carbocycles. The number of aromatic hydroxyl groups is 2. The Kier molecular flexibility index (Phi) is 10.3. The monoisotopic (exact) mass is 538 g/mol. The normalized spacial score (nSPS) is 25.3. The average molecular weight is 539 g/mol.